The second kappa shape index (κ2) is 17.8. The predicted octanol–water partition coefficient (Wildman–Crippen LogP) is -6.06. The van der Waals surface area contributed by atoms with Crippen LogP contribution in [0, 0.1) is 0 Å². The molecule has 0 amide bonds. The van der Waals surface area contributed by atoms with E-state index in [4.69, 9.17) is 47.7 Å². The van der Waals surface area contributed by atoms with Crippen molar-refractivity contribution >= 4 is 7.82 Å². The lowest BCUT2D eigenvalue weighted by Crippen LogP contribution is -2.65. The number of nitrogens with zero attached hydrogens (tertiary/aromatic N) is 1. The zero-order chi connectivity index (χ0) is 36.1. The van der Waals surface area contributed by atoms with Crippen molar-refractivity contribution in [2.75, 3.05) is 68.3 Å². The molecule has 0 bridgehead atoms. The van der Waals surface area contributed by atoms with Crippen LogP contribution >= 0.6 is 7.82 Å². The van der Waals surface area contributed by atoms with Crippen molar-refractivity contribution in [3.05, 3.63) is 0 Å². The highest BCUT2D eigenvalue weighted by Crippen LogP contribution is 2.38. The van der Waals surface area contributed by atoms with Crippen LogP contribution in [-0.4, -0.2) is 222 Å². The van der Waals surface area contributed by atoms with E-state index in [1.807, 2.05) is 21.1 Å². The Morgan fingerprint density at radius 1 is 0.667 bits per heavy atom. The lowest BCUT2D eigenvalue weighted by Gasteiger charge is -2.47. The molecule has 7 unspecified atom stereocenters. The van der Waals surface area contributed by atoms with Crippen molar-refractivity contribution in [1.82, 2.24) is 0 Å². The standard InChI is InChI=1S/C26H50NO20P/c1-27(2,3)6-11(28)7-41-8-12-15(29)16(30)19(33)25(44-12)42-9-13-22(39-4)17(31)21(35)26(46-13)47-23-14(10-43-48(36,37)38)45-24(40-5)20(34)18(23)32/h11-26,28-35H,6-10H2,1-5H3,(H-,36,37,38)/p+1/t11?,12?,13?,14?,15-,16+,17-,18-,19?,20?,21?,22+,23+,24+,25-,26-/m0/s1. The molecule has 48 heavy (non-hydrogen) atoms. The van der Waals surface area contributed by atoms with Gasteiger partial charge in [0.1, 0.15) is 85.9 Å². The van der Waals surface area contributed by atoms with Gasteiger partial charge in [0.05, 0.1) is 47.6 Å². The third kappa shape index (κ3) is 11.2. The Balaban J connectivity index is 1.69. The Bertz CT molecular complexity index is 1020. The minimum Gasteiger partial charge on any atom is -0.387 e. The summed E-state index contributed by atoms with van der Waals surface area (Å²) in [6.45, 7) is -1.41. The van der Waals surface area contributed by atoms with Crippen molar-refractivity contribution in [2.45, 2.75) is 98.2 Å². The van der Waals surface area contributed by atoms with E-state index in [-0.39, 0.29) is 13.2 Å². The number of aliphatic hydroxyl groups excluding tert-OH is 8. The third-order valence-electron chi connectivity index (χ3n) is 7.93. The highest BCUT2D eigenvalue weighted by molar-refractivity contribution is 7.46. The fourth-order valence-corrected chi connectivity index (χ4v) is 5.90. The van der Waals surface area contributed by atoms with Crippen molar-refractivity contribution < 1.29 is 102 Å². The van der Waals surface area contributed by atoms with E-state index in [0.717, 1.165) is 7.11 Å². The highest BCUT2D eigenvalue weighted by Gasteiger charge is 2.52. The molecule has 3 aliphatic heterocycles. The van der Waals surface area contributed by atoms with Gasteiger partial charge in [-0.2, -0.15) is 0 Å². The molecule has 0 aromatic heterocycles. The molecule has 284 valence electrons. The number of phosphoric acid groups is 1. The van der Waals surface area contributed by atoms with Gasteiger partial charge in [-0.25, -0.2) is 4.57 Å². The van der Waals surface area contributed by atoms with Crippen LogP contribution in [0.2, 0.25) is 0 Å². The normalized spacial score (nSPS) is 42.1. The molecule has 0 aromatic rings. The molecule has 0 spiro atoms. The van der Waals surface area contributed by atoms with Crippen LogP contribution in [0.1, 0.15) is 0 Å². The Hall–Kier alpha value is -0.570. The summed E-state index contributed by atoms with van der Waals surface area (Å²) in [7, 11) is 2.95. The summed E-state index contributed by atoms with van der Waals surface area (Å²) < 4.78 is 60.2. The number of hydrogen-bond donors (Lipinski definition) is 10. The van der Waals surface area contributed by atoms with E-state index < -0.39 is 119 Å². The van der Waals surface area contributed by atoms with Crippen LogP contribution in [-0.2, 0) is 47.0 Å². The van der Waals surface area contributed by atoms with Gasteiger partial charge in [-0.15, -0.1) is 0 Å². The van der Waals surface area contributed by atoms with Gasteiger partial charge in [-0.3, -0.25) is 4.52 Å². The molecular formula is C26H51NO20P+. The van der Waals surface area contributed by atoms with Gasteiger partial charge in [0.15, 0.2) is 18.9 Å². The molecule has 3 rings (SSSR count). The SMILES string of the molecule is CO[C@@H]1OC(COP(=O)(O)O)[C@@H](O[C@@H]2OC(CO[C@H]3OC(COCC(O)C[N+](C)(C)C)[C@H](O)[C@@H](O)C3O)[C@@H](OC)[C@@H](O)C2O)[C@@H](O)C1O. The van der Waals surface area contributed by atoms with Crippen LogP contribution in [0.4, 0.5) is 0 Å². The highest BCUT2D eigenvalue weighted by atomic mass is 31.2. The average molecular weight is 729 g/mol. The largest absolute Gasteiger partial charge is 0.469 e. The van der Waals surface area contributed by atoms with E-state index >= 15 is 0 Å². The lowest BCUT2D eigenvalue weighted by atomic mass is 9.96. The molecule has 0 aromatic carbocycles. The first-order valence-electron chi connectivity index (χ1n) is 15.1. The molecule has 10 N–H and O–H groups in total. The summed E-state index contributed by atoms with van der Waals surface area (Å²) in [5.41, 5.74) is 0. The van der Waals surface area contributed by atoms with E-state index in [1.165, 1.54) is 7.11 Å². The Labute approximate surface area is 276 Å². The molecule has 16 atom stereocenters. The van der Waals surface area contributed by atoms with E-state index in [0.29, 0.717) is 11.0 Å². The van der Waals surface area contributed by atoms with Gasteiger partial charge in [0.25, 0.3) is 0 Å². The maximum Gasteiger partial charge on any atom is 0.469 e. The molecular weight excluding hydrogens is 677 g/mol. The molecule has 0 saturated carbocycles. The summed E-state index contributed by atoms with van der Waals surface area (Å²) in [5.74, 6) is 0. The first-order chi connectivity index (χ1) is 22.3. The first kappa shape index (κ1) is 41.8. The first-order valence-corrected chi connectivity index (χ1v) is 16.6. The van der Waals surface area contributed by atoms with Crippen molar-refractivity contribution in [1.29, 1.82) is 0 Å². The minimum absolute atomic E-state index is 0.102. The number of ether oxygens (including phenoxy) is 8. The summed E-state index contributed by atoms with van der Waals surface area (Å²) in [6, 6.07) is 0. The second-order valence-electron chi connectivity index (χ2n) is 12.9. The summed E-state index contributed by atoms with van der Waals surface area (Å²) >= 11 is 0. The van der Waals surface area contributed by atoms with Gasteiger partial charge < -0.3 is 93.0 Å². The number of methoxy groups -OCH3 is 2. The fraction of sp³-hybridized carbons (Fsp3) is 1.00. The monoisotopic (exact) mass is 728 g/mol. The van der Waals surface area contributed by atoms with Gasteiger partial charge in [0, 0.05) is 14.2 Å². The van der Waals surface area contributed by atoms with E-state index in [2.05, 4.69) is 4.52 Å². The number of likely N-dealkylation sites (N-methyl/N-ethyl adjacent to an activating group) is 1. The Kier molecular flexibility index (Phi) is 15.5. The number of aliphatic hydroxyl groups is 8. The van der Waals surface area contributed by atoms with Crippen molar-refractivity contribution in [3.8, 4) is 0 Å². The van der Waals surface area contributed by atoms with E-state index in [9.17, 15) is 45.4 Å². The molecule has 21 nitrogen and oxygen atoms in total. The molecule has 3 heterocycles. The zero-order valence-corrected chi connectivity index (χ0v) is 28.1. The second-order valence-corrected chi connectivity index (χ2v) is 14.1. The summed E-state index contributed by atoms with van der Waals surface area (Å²) in [5, 5.41) is 84.4. The number of quaternary nitrogens is 1. The quantitative estimate of drug-likeness (QED) is 0.0522. The third-order valence-corrected chi connectivity index (χ3v) is 8.41. The molecule has 0 aliphatic carbocycles. The van der Waals surface area contributed by atoms with Crippen LogP contribution in [0.3, 0.4) is 0 Å². The van der Waals surface area contributed by atoms with Gasteiger partial charge >= 0.3 is 7.82 Å². The smallest absolute Gasteiger partial charge is 0.387 e. The van der Waals surface area contributed by atoms with Crippen molar-refractivity contribution in [2.24, 2.45) is 0 Å². The molecule has 0 radical (unpaired) electrons. The van der Waals surface area contributed by atoms with Crippen LogP contribution in [0.15, 0.2) is 0 Å². The Morgan fingerprint density at radius 2 is 1.21 bits per heavy atom. The Morgan fingerprint density at radius 3 is 1.79 bits per heavy atom. The molecule has 3 fully saturated rings. The maximum atomic E-state index is 11.3. The average Bonchev–Trinajstić information content (AvgIpc) is 2.99. The number of hydrogen-bond acceptors (Lipinski definition) is 18. The van der Waals surface area contributed by atoms with E-state index in [1.54, 1.807) is 0 Å². The number of rotatable bonds is 16. The predicted molar refractivity (Wildman–Crippen MR) is 154 cm³/mol. The van der Waals surface area contributed by atoms with Crippen molar-refractivity contribution in [3.63, 3.8) is 0 Å². The van der Waals surface area contributed by atoms with Gasteiger partial charge in [0.2, 0.25) is 0 Å². The van der Waals surface area contributed by atoms with Crippen LogP contribution < -0.4 is 0 Å². The lowest BCUT2D eigenvalue weighted by molar-refractivity contribution is -0.873. The topological polar surface area (TPSA) is 302 Å². The zero-order valence-electron chi connectivity index (χ0n) is 27.2. The van der Waals surface area contributed by atoms with Gasteiger partial charge in [-0.1, -0.05) is 0 Å². The van der Waals surface area contributed by atoms with Crippen LogP contribution in [0.5, 0.6) is 0 Å². The molecule has 3 saturated heterocycles. The summed E-state index contributed by atoms with van der Waals surface area (Å²) in [6.07, 6.45) is -24.7. The molecule has 22 heteroatoms. The summed E-state index contributed by atoms with van der Waals surface area (Å²) in [4.78, 5) is 18.3. The van der Waals surface area contributed by atoms with Gasteiger partial charge in [-0.05, 0) is 0 Å². The minimum atomic E-state index is -5.03. The van der Waals surface area contributed by atoms with Crippen LogP contribution in [0.25, 0.3) is 0 Å². The maximum absolute atomic E-state index is 11.3. The fourth-order valence-electron chi connectivity index (χ4n) is 5.56. The molecule has 3 aliphatic rings. The number of phosphoric ester groups is 1.